The summed E-state index contributed by atoms with van der Waals surface area (Å²) in [7, 11) is 0. The number of carbonyl (C=O) groups is 3. The molecule has 0 aromatic heterocycles. The highest BCUT2D eigenvalue weighted by atomic mass is 19.1. The topological polar surface area (TPSA) is 99.5 Å². The van der Waals surface area contributed by atoms with E-state index in [0.29, 0.717) is 11.3 Å². The van der Waals surface area contributed by atoms with Crippen molar-refractivity contribution in [2.75, 3.05) is 23.4 Å². The fourth-order valence-electron chi connectivity index (χ4n) is 2.89. The van der Waals surface area contributed by atoms with Crippen LogP contribution in [-0.2, 0) is 19.1 Å². The first kappa shape index (κ1) is 19.0. The van der Waals surface area contributed by atoms with Gasteiger partial charge < -0.3 is 15.0 Å². The zero-order chi connectivity index (χ0) is 20.1. The average molecular weight is 381 g/mol. The van der Waals surface area contributed by atoms with Gasteiger partial charge in [0.25, 0.3) is 5.91 Å². The zero-order valence-electron chi connectivity index (χ0n) is 14.7. The Balaban J connectivity index is 1.54. The van der Waals surface area contributed by atoms with Crippen LogP contribution in [0.3, 0.4) is 0 Å². The SMILES string of the molecule is N#Cc1cccc(NC(=O)COC(=O)[C@H]2CC(=O)N(c3ccccc3F)C2)c1. The van der Waals surface area contributed by atoms with E-state index >= 15 is 0 Å². The minimum absolute atomic E-state index is 0.00949. The van der Waals surface area contributed by atoms with E-state index in [0.717, 1.165) is 0 Å². The molecule has 7 nitrogen and oxygen atoms in total. The standard InChI is InChI=1S/C20H16FN3O4/c21-16-6-1-2-7-17(16)24-11-14(9-19(24)26)20(27)28-12-18(25)23-15-5-3-4-13(8-15)10-22/h1-8,14H,9,11-12H2,(H,23,25)/t14-/m0/s1. The third-order valence-electron chi connectivity index (χ3n) is 4.22. The molecule has 0 bridgehead atoms. The third-order valence-corrected chi connectivity index (χ3v) is 4.22. The number of nitrogens with zero attached hydrogens (tertiary/aromatic N) is 2. The maximum absolute atomic E-state index is 13.9. The van der Waals surface area contributed by atoms with Crippen molar-refractivity contribution < 1.29 is 23.5 Å². The summed E-state index contributed by atoms with van der Waals surface area (Å²) in [5.74, 6) is -2.98. The monoisotopic (exact) mass is 381 g/mol. The first-order valence-corrected chi connectivity index (χ1v) is 8.49. The second kappa shape index (κ2) is 8.31. The van der Waals surface area contributed by atoms with Gasteiger partial charge in [-0.1, -0.05) is 18.2 Å². The molecule has 1 heterocycles. The Hall–Kier alpha value is -3.73. The molecule has 0 radical (unpaired) electrons. The maximum Gasteiger partial charge on any atom is 0.311 e. The van der Waals surface area contributed by atoms with Crippen molar-refractivity contribution in [2.24, 2.45) is 5.92 Å². The van der Waals surface area contributed by atoms with Gasteiger partial charge in [0.05, 0.1) is 23.2 Å². The van der Waals surface area contributed by atoms with Gasteiger partial charge in [-0.05, 0) is 30.3 Å². The second-order valence-corrected chi connectivity index (χ2v) is 6.21. The highest BCUT2D eigenvalue weighted by Crippen LogP contribution is 2.27. The van der Waals surface area contributed by atoms with E-state index in [2.05, 4.69) is 5.32 Å². The minimum atomic E-state index is -0.776. The van der Waals surface area contributed by atoms with Crippen molar-refractivity contribution in [3.05, 3.63) is 59.9 Å². The molecule has 1 saturated heterocycles. The number of nitrogens with one attached hydrogen (secondary N) is 1. The molecular weight excluding hydrogens is 365 g/mol. The molecule has 0 spiro atoms. The number of hydrogen-bond acceptors (Lipinski definition) is 5. The molecule has 1 atom stereocenters. The van der Waals surface area contributed by atoms with Crippen LogP contribution in [0.15, 0.2) is 48.5 Å². The highest BCUT2D eigenvalue weighted by Gasteiger charge is 2.37. The van der Waals surface area contributed by atoms with E-state index in [1.54, 1.807) is 24.3 Å². The van der Waals surface area contributed by atoms with Gasteiger partial charge in [0, 0.05) is 18.7 Å². The summed E-state index contributed by atoms with van der Waals surface area (Å²) in [4.78, 5) is 37.5. The van der Waals surface area contributed by atoms with Crippen LogP contribution < -0.4 is 10.2 Å². The van der Waals surface area contributed by atoms with Crippen molar-refractivity contribution in [2.45, 2.75) is 6.42 Å². The second-order valence-electron chi connectivity index (χ2n) is 6.21. The zero-order valence-corrected chi connectivity index (χ0v) is 14.7. The molecule has 3 rings (SSSR count). The number of carbonyl (C=O) groups excluding carboxylic acids is 3. The van der Waals surface area contributed by atoms with Gasteiger partial charge in [0.1, 0.15) is 5.82 Å². The highest BCUT2D eigenvalue weighted by molar-refractivity contribution is 6.00. The van der Waals surface area contributed by atoms with Crippen LogP contribution in [0.4, 0.5) is 15.8 Å². The van der Waals surface area contributed by atoms with Crippen LogP contribution in [0.1, 0.15) is 12.0 Å². The number of nitriles is 1. The Bertz CT molecular complexity index is 970. The predicted molar refractivity (Wildman–Crippen MR) is 97.6 cm³/mol. The molecule has 1 fully saturated rings. The lowest BCUT2D eigenvalue weighted by Gasteiger charge is -2.17. The average Bonchev–Trinajstić information content (AvgIpc) is 3.08. The minimum Gasteiger partial charge on any atom is -0.455 e. The Labute approximate surface area is 160 Å². The van der Waals surface area contributed by atoms with Gasteiger partial charge >= 0.3 is 5.97 Å². The summed E-state index contributed by atoms with van der Waals surface area (Å²) < 4.78 is 18.9. The van der Waals surface area contributed by atoms with Gasteiger partial charge in [-0.25, -0.2) is 4.39 Å². The fourth-order valence-corrected chi connectivity index (χ4v) is 2.89. The Morgan fingerprint density at radius 3 is 2.79 bits per heavy atom. The van der Waals surface area contributed by atoms with E-state index in [4.69, 9.17) is 10.00 Å². The van der Waals surface area contributed by atoms with Gasteiger partial charge in [-0.15, -0.1) is 0 Å². The molecule has 1 aliphatic rings. The summed E-state index contributed by atoms with van der Waals surface area (Å²) in [6.07, 6.45) is -0.112. The van der Waals surface area contributed by atoms with Crippen molar-refractivity contribution in [1.82, 2.24) is 0 Å². The van der Waals surface area contributed by atoms with Crippen molar-refractivity contribution >= 4 is 29.2 Å². The number of para-hydroxylation sites is 1. The first-order valence-electron chi connectivity index (χ1n) is 8.49. The molecule has 8 heteroatoms. The van der Waals surface area contributed by atoms with Crippen LogP contribution in [0.5, 0.6) is 0 Å². The fraction of sp³-hybridized carbons (Fsp3) is 0.200. The van der Waals surface area contributed by atoms with Crippen molar-refractivity contribution in [3.8, 4) is 6.07 Å². The molecule has 0 unspecified atom stereocenters. The van der Waals surface area contributed by atoms with E-state index in [1.807, 2.05) is 6.07 Å². The van der Waals surface area contributed by atoms with Crippen LogP contribution in [0.25, 0.3) is 0 Å². The van der Waals surface area contributed by atoms with Gasteiger partial charge in [-0.3, -0.25) is 14.4 Å². The molecule has 1 N–H and O–H groups in total. The number of benzene rings is 2. The number of amides is 2. The predicted octanol–water partition coefficient (Wildman–Crippen LogP) is 2.23. The molecule has 28 heavy (non-hydrogen) atoms. The first-order chi connectivity index (χ1) is 13.5. The van der Waals surface area contributed by atoms with E-state index in [-0.39, 0.29) is 24.6 Å². The van der Waals surface area contributed by atoms with Crippen LogP contribution in [0, 0.1) is 23.1 Å². The largest absolute Gasteiger partial charge is 0.455 e. The molecule has 2 amide bonds. The third kappa shape index (κ3) is 4.32. The summed E-state index contributed by atoms with van der Waals surface area (Å²) in [5.41, 5.74) is 0.896. The lowest BCUT2D eigenvalue weighted by molar-refractivity contribution is -0.151. The van der Waals surface area contributed by atoms with Gasteiger partial charge in [0.2, 0.25) is 5.91 Å². The molecule has 2 aromatic rings. The van der Waals surface area contributed by atoms with Gasteiger partial charge in [0.15, 0.2) is 6.61 Å². The Morgan fingerprint density at radius 2 is 2.04 bits per heavy atom. The number of hydrogen-bond donors (Lipinski definition) is 1. The number of anilines is 2. The molecule has 0 saturated carbocycles. The smallest absolute Gasteiger partial charge is 0.311 e. The summed E-state index contributed by atoms with van der Waals surface area (Å²) in [5, 5.41) is 11.4. The van der Waals surface area contributed by atoms with Crippen LogP contribution in [-0.4, -0.2) is 30.9 Å². The summed E-state index contributed by atoms with van der Waals surface area (Å²) in [6, 6.07) is 14.1. The molecule has 2 aromatic carbocycles. The number of ether oxygens (including phenoxy) is 1. The maximum atomic E-state index is 13.9. The van der Waals surface area contributed by atoms with Crippen LogP contribution >= 0.6 is 0 Å². The number of rotatable bonds is 5. The summed E-state index contributed by atoms with van der Waals surface area (Å²) in [6.45, 7) is -0.537. The molecule has 142 valence electrons. The lowest BCUT2D eigenvalue weighted by atomic mass is 10.1. The van der Waals surface area contributed by atoms with Crippen LogP contribution in [0.2, 0.25) is 0 Å². The quantitative estimate of drug-likeness (QED) is 0.801. The van der Waals surface area contributed by atoms with E-state index in [9.17, 15) is 18.8 Å². The molecular formula is C20H16FN3O4. The van der Waals surface area contributed by atoms with E-state index < -0.39 is 30.2 Å². The van der Waals surface area contributed by atoms with Crippen molar-refractivity contribution in [1.29, 1.82) is 5.26 Å². The van der Waals surface area contributed by atoms with E-state index in [1.165, 1.54) is 29.2 Å². The Kier molecular flexibility index (Phi) is 5.65. The van der Waals surface area contributed by atoms with Crippen molar-refractivity contribution in [3.63, 3.8) is 0 Å². The number of halogens is 1. The Morgan fingerprint density at radius 1 is 1.25 bits per heavy atom. The summed E-state index contributed by atoms with van der Waals surface area (Å²) >= 11 is 0. The van der Waals surface area contributed by atoms with Gasteiger partial charge in [-0.2, -0.15) is 5.26 Å². The molecule has 1 aliphatic heterocycles. The number of esters is 1. The normalized spacial score (nSPS) is 15.8. The molecule has 0 aliphatic carbocycles. The lowest BCUT2D eigenvalue weighted by Crippen LogP contribution is -2.28.